The summed E-state index contributed by atoms with van der Waals surface area (Å²) in [6, 6.07) is 11.1. The lowest BCUT2D eigenvalue weighted by molar-refractivity contribution is -0.138. The molecule has 0 amide bonds. The van der Waals surface area contributed by atoms with E-state index in [9.17, 15) is 9.90 Å². The predicted octanol–water partition coefficient (Wildman–Crippen LogP) is 4.60. The lowest BCUT2D eigenvalue weighted by Crippen LogP contribution is -2.13. The number of carboxylic acid groups (broad SMARTS) is 1. The van der Waals surface area contributed by atoms with Gasteiger partial charge in [0, 0.05) is 4.88 Å². The summed E-state index contributed by atoms with van der Waals surface area (Å²) in [5, 5.41) is 9.41. The van der Waals surface area contributed by atoms with E-state index in [0.717, 1.165) is 16.2 Å². The van der Waals surface area contributed by atoms with Crippen molar-refractivity contribution in [3.8, 4) is 5.75 Å². The van der Waals surface area contributed by atoms with E-state index in [1.165, 1.54) is 11.3 Å². The van der Waals surface area contributed by atoms with Crippen molar-refractivity contribution in [3.63, 3.8) is 0 Å². The number of aliphatic carboxylic acids is 1. The number of rotatable bonds is 6. The number of carbonyl (C=O) groups is 1. The Bertz CT molecular complexity index is 604. The third kappa shape index (κ3) is 4.48. The summed E-state index contributed by atoms with van der Waals surface area (Å²) >= 11 is 7.21. The fourth-order valence-electron chi connectivity index (χ4n) is 2.04. The zero-order valence-electron chi connectivity index (χ0n) is 11.9. The van der Waals surface area contributed by atoms with Gasteiger partial charge in [-0.2, -0.15) is 0 Å². The van der Waals surface area contributed by atoms with Crippen molar-refractivity contribution in [1.82, 2.24) is 0 Å². The largest absolute Gasteiger partial charge is 0.491 e. The van der Waals surface area contributed by atoms with Crippen LogP contribution in [0, 0.1) is 0 Å². The third-order valence-corrected chi connectivity index (χ3v) is 4.32. The molecule has 1 heterocycles. The average molecular weight is 325 g/mol. The Kier molecular flexibility index (Phi) is 5.26. The van der Waals surface area contributed by atoms with E-state index in [-0.39, 0.29) is 6.10 Å². The highest BCUT2D eigenvalue weighted by molar-refractivity contribution is 7.16. The van der Waals surface area contributed by atoms with Crippen LogP contribution < -0.4 is 4.74 Å². The van der Waals surface area contributed by atoms with Crippen LogP contribution in [0.2, 0.25) is 4.34 Å². The molecule has 1 aromatic heterocycles. The molecule has 0 bridgehead atoms. The smallest absolute Gasteiger partial charge is 0.312 e. The number of benzene rings is 1. The molecule has 0 aliphatic rings. The van der Waals surface area contributed by atoms with Crippen molar-refractivity contribution in [2.45, 2.75) is 32.3 Å². The predicted molar refractivity (Wildman–Crippen MR) is 85.6 cm³/mol. The molecule has 1 N–H and O–H groups in total. The molecule has 0 spiro atoms. The van der Waals surface area contributed by atoms with Crippen LogP contribution in [0.3, 0.4) is 0 Å². The van der Waals surface area contributed by atoms with Crippen LogP contribution in [0.4, 0.5) is 0 Å². The Hall–Kier alpha value is -1.52. The van der Waals surface area contributed by atoms with Gasteiger partial charge in [0.1, 0.15) is 5.75 Å². The number of thiophene rings is 1. The van der Waals surface area contributed by atoms with Crippen LogP contribution in [-0.4, -0.2) is 17.2 Å². The number of carboxylic acids is 1. The molecule has 5 heteroatoms. The molecular weight excluding hydrogens is 308 g/mol. The molecule has 21 heavy (non-hydrogen) atoms. The summed E-state index contributed by atoms with van der Waals surface area (Å²) < 4.78 is 6.19. The minimum atomic E-state index is -0.837. The van der Waals surface area contributed by atoms with Crippen LogP contribution in [-0.2, 0) is 11.2 Å². The van der Waals surface area contributed by atoms with Gasteiger partial charge in [-0.25, -0.2) is 0 Å². The molecule has 2 aromatic rings. The van der Waals surface area contributed by atoms with E-state index >= 15 is 0 Å². The number of ether oxygens (including phenoxy) is 1. The maximum Gasteiger partial charge on any atom is 0.312 e. The normalized spacial score (nSPS) is 12.4. The van der Waals surface area contributed by atoms with E-state index in [4.69, 9.17) is 16.3 Å². The molecule has 1 aromatic carbocycles. The molecule has 0 radical (unpaired) electrons. The minimum Gasteiger partial charge on any atom is -0.491 e. The molecule has 3 nitrogen and oxygen atoms in total. The van der Waals surface area contributed by atoms with Gasteiger partial charge in [-0.1, -0.05) is 23.7 Å². The summed E-state index contributed by atoms with van der Waals surface area (Å²) in [5.41, 5.74) is 0.961. The van der Waals surface area contributed by atoms with Gasteiger partial charge < -0.3 is 9.84 Å². The van der Waals surface area contributed by atoms with Crippen molar-refractivity contribution < 1.29 is 14.6 Å². The number of hydrogen-bond donors (Lipinski definition) is 1. The van der Waals surface area contributed by atoms with Crippen LogP contribution in [0.1, 0.15) is 30.2 Å². The molecule has 112 valence electrons. The Morgan fingerprint density at radius 3 is 2.38 bits per heavy atom. The van der Waals surface area contributed by atoms with Crippen molar-refractivity contribution in [2.24, 2.45) is 0 Å². The van der Waals surface area contributed by atoms with Crippen LogP contribution in [0.25, 0.3) is 0 Å². The maximum atomic E-state index is 11.5. The van der Waals surface area contributed by atoms with Gasteiger partial charge >= 0.3 is 5.97 Å². The summed E-state index contributed by atoms with van der Waals surface area (Å²) in [6.07, 6.45) is 0.560. The lowest BCUT2D eigenvalue weighted by Gasteiger charge is -2.12. The Morgan fingerprint density at radius 1 is 1.24 bits per heavy atom. The Balaban J connectivity index is 2.12. The van der Waals surface area contributed by atoms with E-state index in [1.807, 2.05) is 38.1 Å². The molecule has 0 saturated heterocycles. The van der Waals surface area contributed by atoms with E-state index in [2.05, 4.69) is 0 Å². The fraction of sp³-hybridized carbons (Fsp3) is 0.312. The summed E-state index contributed by atoms with van der Waals surface area (Å²) in [6.45, 7) is 3.93. The van der Waals surface area contributed by atoms with Crippen LogP contribution in [0.5, 0.6) is 5.75 Å². The van der Waals surface area contributed by atoms with Gasteiger partial charge in [0.05, 0.1) is 16.4 Å². The highest BCUT2D eigenvalue weighted by Crippen LogP contribution is 2.31. The highest BCUT2D eigenvalue weighted by atomic mass is 35.5. The van der Waals surface area contributed by atoms with Crippen molar-refractivity contribution in [3.05, 3.63) is 51.2 Å². The Morgan fingerprint density at radius 2 is 1.90 bits per heavy atom. The summed E-state index contributed by atoms with van der Waals surface area (Å²) in [4.78, 5) is 12.2. The van der Waals surface area contributed by atoms with Gasteiger partial charge in [0.2, 0.25) is 0 Å². The monoisotopic (exact) mass is 324 g/mol. The first-order valence-electron chi connectivity index (χ1n) is 6.69. The van der Waals surface area contributed by atoms with Gasteiger partial charge in [0.25, 0.3) is 0 Å². The lowest BCUT2D eigenvalue weighted by atomic mass is 9.98. The standard InChI is InChI=1S/C16H17ClO3S/c1-10(2)20-12-5-3-11(4-6-12)9-13(16(18)19)14-7-8-15(17)21-14/h3-8,10,13H,9H2,1-2H3,(H,18,19). The van der Waals surface area contributed by atoms with Gasteiger partial charge in [-0.3, -0.25) is 4.79 Å². The molecule has 1 unspecified atom stereocenters. The van der Waals surface area contributed by atoms with Crippen molar-refractivity contribution in [1.29, 1.82) is 0 Å². The quantitative estimate of drug-likeness (QED) is 0.844. The second-order valence-corrected chi connectivity index (χ2v) is 6.79. The van der Waals surface area contributed by atoms with E-state index in [0.29, 0.717) is 10.8 Å². The highest BCUT2D eigenvalue weighted by Gasteiger charge is 2.22. The van der Waals surface area contributed by atoms with Gasteiger partial charge in [-0.05, 0) is 50.1 Å². The number of halogens is 1. The van der Waals surface area contributed by atoms with Crippen molar-refractivity contribution >= 4 is 28.9 Å². The first-order chi connectivity index (χ1) is 9.95. The zero-order valence-corrected chi connectivity index (χ0v) is 13.4. The molecule has 0 fully saturated rings. The fourth-order valence-corrected chi connectivity index (χ4v) is 3.19. The minimum absolute atomic E-state index is 0.121. The average Bonchev–Trinajstić information content (AvgIpc) is 2.83. The van der Waals surface area contributed by atoms with Gasteiger partial charge in [0.15, 0.2) is 0 Å². The molecule has 2 rings (SSSR count). The summed E-state index contributed by atoms with van der Waals surface area (Å²) in [7, 11) is 0. The summed E-state index contributed by atoms with van der Waals surface area (Å²) in [5.74, 6) is -0.616. The first-order valence-corrected chi connectivity index (χ1v) is 7.89. The maximum absolute atomic E-state index is 11.5. The first kappa shape index (κ1) is 15.9. The SMILES string of the molecule is CC(C)Oc1ccc(CC(C(=O)O)c2ccc(Cl)s2)cc1. The zero-order chi connectivity index (χ0) is 15.4. The molecular formula is C16H17ClO3S. The van der Waals surface area contributed by atoms with Crippen LogP contribution >= 0.6 is 22.9 Å². The molecule has 0 aliphatic heterocycles. The Labute approximate surface area is 133 Å². The second-order valence-electron chi connectivity index (χ2n) is 5.05. The van der Waals surface area contributed by atoms with E-state index < -0.39 is 11.9 Å². The van der Waals surface area contributed by atoms with E-state index in [1.54, 1.807) is 12.1 Å². The second kappa shape index (κ2) is 6.96. The topological polar surface area (TPSA) is 46.5 Å². The van der Waals surface area contributed by atoms with Crippen LogP contribution in [0.15, 0.2) is 36.4 Å². The molecule has 0 saturated carbocycles. The number of hydrogen-bond acceptors (Lipinski definition) is 3. The van der Waals surface area contributed by atoms with Gasteiger partial charge in [-0.15, -0.1) is 11.3 Å². The van der Waals surface area contributed by atoms with Crippen molar-refractivity contribution in [2.75, 3.05) is 0 Å². The molecule has 1 atom stereocenters. The third-order valence-electron chi connectivity index (χ3n) is 2.97. The molecule has 0 aliphatic carbocycles.